The average Bonchev–Trinajstić information content (AvgIpc) is 2.89. The zero-order valence-corrected chi connectivity index (χ0v) is 21.1. The number of amides is 1. The van der Waals surface area contributed by atoms with Crippen LogP contribution in [-0.2, 0) is 10.0 Å². The Hall–Kier alpha value is -3.23. The van der Waals surface area contributed by atoms with Crippen LogP contribution in [0.2, 0.25) is 0 Å². The maximum Gasteiger partial charge on any atom is 0.254 e. The molecular weight excluding hydrogens is 462 g/mol. The number of sulfonamides is 1. The highest BCUT2D eigenvalue weighted by molar-refractivity contribution is 7.89. The Morgan fingerprint density at radius 3 is 2.49 bits per heavy atom. The van der Waals surface area contributed by atoms with E-state index < -0.39 is 16.1 Å². The van der Waals surface area contributed by atoms with Gasteiger partial charge in [-0.2, -0.15) is 4.31 Å². The molecule has 2 atom stereocenters. The summed E-state index contributed by atoms with van der Waals surface area (Å²) in [7, 11) is -0.688. The van der Waals surface area contributed by atoms with Crippen LogP contribution in [0.3, 0.4) is 0 Å². The van der Waals surface area contributed by atoms with E-state index in [2.05, 4.69) is 4.98 Å². The molecule has 7 nitrogen and oxygen atoms in total. The Bertz CT molecular complexity index is 1230. The molecule has 2 aromatic carbocycles. The number of carbonyl (C=O) groups is 1. The van der Waals surface area contributed by atoms with Crippen LogP contribution in [0.4, 0.5) is 0 Å². The molecule has 1 saturated heterocycles. The normalized spacial score (nSPS) is 17.5. The minimum absolute atomic E-state index is 0.0158. The lowest BCUT2D eigenvalue weighted by molar-refractivity contribution is 0.0752. The SMILES string of the molecule is COc1ccc(C(=O)N(C)C(c2ccccc2)c2ccccn2)cc1S(=O)(=O)N1CCCCC1C. The van der Waals surface area contributed by atoms with Gasteiger partial charge >= 0.3 is 0 Å². The van der Waals surface area contributed by atoms with Crippen molar-refractivity contribution in [3.8, 4) is 5.75 Å². The van der Waals surface area contributed by atoms with Gasteiger partial charge < -0.3 is 9.64 Å². The molecule has 0 bridgehead atoms. The molecular formula is C27H31N3O4S. The van der Waals surface area contributed by atoms with Gasteiger partial charge in [0.2, 0.25) is 10.0 Å². The van der Waals surface area contributed by atoms with E-state index in [0.29, 0.717) is 6.54 Å². The van der Waals surface area contributed by atoms with Gasteiger partial charge in [-0.05, 0) is 55.7 Å². The average molecular weight is 494 g/mol. The Labute approximate surface area is 207 Å². The smallest absolute Gasteiger partial charge is 0.254 e. The first-order valence-electron chi connectivity index (χ1n) is 11.8. The van der Waals surface area contributed by atoms with Crippen LogP contribution in [0.5, 0.6) is 5.75 Å². The van der Waals surface area contributed by atoms with E-state index in [-0.39, 0.29) is 28.2 Å². The summed E-state index contributed by atoms with van der Waals surface area (Å²) in [5.74, 6) is -0.0818. The molecule has 0 radical (unpaired) electrons. The number of hydrogen-bond donors (Lipinski definition) is 0. The molecule has 1 amide bonds. The van der Waals surface area contributed by atoms with Gasteiger partial charge in [0.15, 0.2) is 0 Å². The van der Waals surface area contributed by atoms with Crippen molar-refractivity contribution in [2.45, 2.75) is 43.2 Å². The summed E-state index contributed by atoms with van der Waals surface area (Å²) >= 11 is 0. The summed E-state index contributed by atoms with van der Waals surface area (Å²) < 4.78 is 34.1. The first kappa shape index (κ1) is 24.9. The van der Waals surface area contributed by atoms with E-state index in [1.807, 2.05) is 55.5 Å². The summed E-state index contributed by atoms with van der Waals surface area (Å²) in [4.78, 5) is 19.8. The van der Waals surface area contributed by atoms with Crippen LogP contribution in [0.1, 0.15) is 53.8 Å². The zero-order valence-electron chi connectivity index (χ0n) is 20.3. The monoisotopic (exact) mass is 493 g/mol. The molecule has 3 aromatic rings. The first-order valence-corrected chi connectivity index (χ1v) is 13.2. The third-order valence-corrected chi connectivity index (χ3v) is 8.56. The van der Waals surface area contributed by atoms with Gasteiger partial charge in [-0.15, -0.1) is 0 Å². The van der Waals surface area contributed by atoms with Crippen LogP contribution in [-0.4, -0.2) is 55.3 Å². The van der Waals surface area contributed by atoms with Crippen molar-refractivity contribution in [3.63, 3.8) is 0 Å². The molecule has 1 aliphatic heterocycles. The lowest BCUT2D eigenvalue weighted by atomic mass is 10.0. The summed E-state index contributed by atoms with van der Waals surface area (Å²) in [5.41, 5.74) is 1.90. The first-order chi connectivity index (χ1) is 16.8. The highest BCUT2D eigenvalue weighted by atomic mass is 32.2. The molecule has 4 rings (SSSR count). The number of aromatic nitrogens is 1. The molecule has 2 heterocycles. The van der Waals surface area contributed by atoms with Crippen molar-refractivity contribution in [1.82, 2.24) is 14.2 Å². The standard InChI is InChI=1S/C27H31N3O4S/c1-20-11-8-10-18-30(20)35(32,33)25-19-22(15-16-24(25)34-3)27(31)29(2)26(21-12-5-4-6-13-21)23-14-7-9-17-28-23/h4-7,9,12-17,19-20,26H,8,10-11,18H2,1-3H3. The third kappa shape index (κ3) is 5.09. The van der Waals surface area contributed by atoms with Gasteiger partial charge in [0.05, 0.1) is 18.8 Å². The zero-order chi connectivity index (χ0) is 25.0. The van der Waals surface area contributed by atoms with Crippen LogP contribution >= 0.6 is 0 Å². The highest BCUT2D eigenvalue weighted by Crippen LogP contribution is 2.33. The predicted octanol–water partition coefficient (Wildman–Crippen LogP) is 4.51. The number of hydrogen-bond acceptors (Lipinski definition) is 5. The summed E-state index contributed by atoms with van der Waals surface area (Å²) in [6.07, 6.45) is 4.32. The fraction of sp³-hybridized carbons (Fsp3) is 0.333. The molecule has 184 valence electrons. The van der Waals surface area contributed by atoms with E-state index in [0.717, 1.165) is 30.5 Å². The number of benzene rings is 2. The maximum atomic E-state index is 13.7. The molecule has 2 unspecified atom stereocenters. The van der Waals surface area contributed by atoms with Crippen molar-refractivity contribution in [1.29, 1.82) is 0 Å². The minimum Gasteiger partial charge on any atom is -0.495 e. The summed E-state index contributed by atoms with van der Waals surface area (Å²) in [6.45, 7) is 2.38. The summed E-state index contributed by atoms with van der Waals surface area (Å²) in [5, 5.41) is 0. The third-order valence-electron chi connectivity index (χ3n) is 6.53. The second kappa shape index (κ2) is 10.6. The molecule has 0 aliphatic carbocycles. The Balaban J connectivity index is 1.73. The number of carbonyl (C=O) groups excluding carboxylic acids is 1. The number of pyridine rings is 1. The van der Waals surface area contributed by atoms with Crippen LogP contribution in [0, 0.1) is 0 Å². The molecule has 0 N–H and O–H groups in total. The fourth-order valence-corrected chi connectivity index (χ4v) is 6.54. The fourth-order valence-electron chi connectivity index (χ4n) is 4.65. The van der Waals surface area contributed by atoms with E-state index in [9.17, 15) is 13.2 Å². The molecule has 1 aliphatic rings. The van der Waals surface area contributed by atoms with Gasteiger partial charge in [0.1, 0.15) is 10.6 Å². The van der Waals surface area contributed by atoms with E-state index in [1.165, 1.54) is 17.5 Å². The topological polar surface area (TPSA) is 79.8 Å². The van der Waals surface area contributed by atoms with Gasteiger partial charge in [0, 0.05) is 31.4 Å². The molecule has 1 aromatic heterocycles. The number of ether oxygens (including phenoxy) is 1. The van der Waals surface area contributed by atoms with Crippen LogP contribution in [0.25, 0.3) is 0 Å². The van der Waals surface area contributed by atoms with Crippen molar-refractivity contribution >= 4 is 15.9 Å². The lowest BCUT2D eigenvalue weighted by Crippen LogP contribution is -2.42. The van der Waals surface area contributed by atoms with Gasteiger partial charge in [-0.3, -0.25) is 9.78 Å². The number of methoxy groups -OCH3 is 1. The predicted molar refractivity (Wildman–Crippen MR) is 135 cm³/mol. The number of nitrogens with zero attached hydrogens (tertiary/aromatic N) is 3. The second-order valence-electron chi connectivity index (χ2n) is 8.81. The maximum absolute atomic E-state index is 13.7. The van der Waals surface area contributed by atoms with E-state index >= 15 is 0 Å². The summed E-state index contributed by atoms with van der Waals surface area (Å²) in [6, 6.07) is 19.3. The Morgan fingerprint density at radius 1 is 1.09 bits per heavy atom. The van der Waals surface area contributed by atoms with E-state index in [1.54, 1.807) is 30.3 Å². The van der Waals surface area contributed by atoms with Gasteiger partial charge in [-0.1, -0.05) is 42.8 Å². The van der Waals surface area contributed by atoms with Crippen LogP contribution < -0.4 is 4.74 Å². The number of rotatable bonds is 7. The quantitative estimate of drug-likeness (QED) is 0.484. The van der Waals surface area contributed by atoms with Crippen molar-refractivity contribution in [2.75, 3.05) is 20.7 Å². The molecule has 0 saturated carbocycles. The second-order valence-corrected chi connectivity index (χ2v) is 10.7. The van der Waals surface area contributed by atoms with Gasteiger partial charge in [0.25, 0.3) is 5.91 Å². The minimum atomic E-state index is -3.84. The van der Waals surface area contributed by atoms with E-state index in [4.69, 9.17) is 4.74 Å². The molecule has 1 fully saturated rings. The number of piperidine rings is 1. The van der Waals surface area contributed by atoms with Crippen molar-refractivity contribution < 1.29 is 17.9 Å². The molecule has 0 spiro atoms. The highest BCUT2D eigenvalue weighted by Gasteiger charge is 2.34. The van der Waals surface area contributed by atoms with Crippen molar-refractivity contribution in [3.05, 3.63) is 89.7 Å². The van der Waals surface area contributed by atoms with Crippen LogP contribution in [0.15, 0.2) is 77.8 Å². The van der Waals surface area contributed by atoms with Gasteiger partial charge in [-0.25, -0.2) is 8.42 Å². The largest absolute Gasteiger partial charge is 0.495 e. The van der Waals surface area contributed by atoms with Crippen molar-refractivity contribution in [2.24, 2.45) is 0 Å². The Morgan fingerprint density at radius 2 is 1.83 bits per heavy atom. The lowest BCUT2D eigenvalue weighted by Gasteiger charge is -2.33. The molecule has 35 heavy (non-hydrogen) atoms. The molecule has 8 heteroatoms. The Kier molecular flexibility index (Phi) is 7.52.